The highest BCUT2D eigenvalue weighted by atomic mass is 16.5. The minimum Gasteiger partial charge on any atom is -0.448 e. The second-order valence-electron chi connectivity index (χ2n) is 4.33. The summed E-state index contributed by atoms with van der Waals surface area (Å²) in [5.74, 6) is -0.869. The van der Waals surface area contributed by atoms with Crippen LogP contribution in [0.4, 0.5) is 0 Å². The summed E-state index contributed by atoms with van der Waals surface area (Å²) in [5, 5.41) is 2.72. The zero-order valence-corrected chi connectivity index (χ0v) is 11.1. The van der Waals surface area contributed by atoms with E-state index in [4.69, 9.17) is 4.74 Å². The third kappa shape index (κ3) is 3.71. The highest BCUT2D eigenvalue weighted by Gasteiger charge is 2.18. The molecule has 0 saturated heterocycles. The van der Waals surface area contributed by atoms with Crippen molar-refractivity contribution in [1.82, 2.24) is 10.3 Å². The molecule has 2 N–H and O–H groups in total. The van der Waals surface area contributed by atoms with Gasteiger partial charge in [-0.15, -0.1) is 0 Å². The number of aromatic amines is 1. The fraction of sp³-hybridized carbons (Fsp3) is 0.200. The molecule has 5 nitrogen and oxygen atoms in total. The number of ether oxygens (including phenoxy) is 1. The summed E-state index contributed by atoms with van der Waals surface area (Å²) >= 11 is 0. The van der Waals surface area contributed by atoms with Gasteiger partial charge < -0.3 is 15.0 Å². The largest absolute Gasteiger partial charge is 0.448 e. The smallest absolute Gasteiger partial charge is 0.355 e. The predicted octanol–water partition coefficient (Wildman–Crippen LogP) is 1.88. The minimum absolute atomic E-state index is 0.325. The van der Waals surface area contributed by atoms with Crippen LogP contribution in [0.1, 0.15) is 23.0 Å². The SMILES string of the molecule is C[C@H](OC(=O)c1ccc[nH]1)C(=O)NCc1ccccc1. The first-order valence-electron chi connectivity index (χ1n) is 6.33. The Morgan fingerprint density at radius 1 is 1.20 bits per heavy atom. The molecule has 2 aromatic rings. The summed E-state index contributed by atoms with van der Waals surface area (Å²) in [6.07, 6.45) is 0.783. The molecular formula is C15H16N2O3. The van der Waals surface area contributed by atoms with Gasteiger partial charge in [0, 0.05) is 12.7 Å². The molecule has 0 bridgehead atoms. The summed E-state index contributed by atoms with van der Waals surface area (Å²) in [4.78, 5) is 26.2. The second kappa shape index (κ2) is 6.56. The number of H-pyrrole nitrogens is 1. The quantitative estimate of drug-likeness (QED) is 0.816. The van der Waals surface area contributed by atoms with Gasteiger partial charge in [0.05, 0.1) is 0 Å². The van der Waals surface area contributed by atoms with Crippen LogP contribution in [0.25, 0.3) is 0 Å². The maximum Gasteiger partial charge on any atom is 0.355 e. The average molecular weight is 272 g/mol. The molecule has 104 valence electrons. The number of hydrogen-bond donors (Lipinski definition) is 2. The van der Waals surface area contributed by atoms with Crippen LogP contribution >= 0.6 is 0 Å². The molecule has 1 amide bonds. The lowest BCUT2D eigenvalue weighted by Gasteiger charge is -2.13. The average Bonchev–Trinajstić information content (AvgIpc) is 3.00. The number of esters is 1. The van der Waals surface area contributed by atoms with Gasteiger partial charge in [0.1, 0.15) is 5.69 Å². The number of hydrogen-bond acceptors (Lipinski definition) is 3. The fourth-order valence-corrected chi connectivity index (χ4v) is 1.66. The highest BCUT2D eigenvalue weighted by Crippen LogP contribution is 2.02. The van der Waals surface area contributed by atoms with Crippen molar-refractivity contribution in [2.45, 2.75) is 19.6 Å². The summed E-state index contributed by atoms with van der Waals surface area (Å²) in [5.41, 5.74) is 1.32. The Kier molecular flexibility index (Phi) is 4.55. The number of benzene rings is 1. The molecular weight excluding hydrogens is 256 g/mol. The Hall–Kier alpha value is -2.56. The molecule has 5 heteroatoms. The number of carbonyl (C=O) groups is 2. The first-order valence-corrected chi connectivity index (χ1v) is 6.33. The molecule has 0 spiro atoms. The number of amides is 1. The second-order valence-corrected chi connectivity index (χ2v) is 4.33. The van der Waals surface area contributed by atoms with Crippen LogP contribution in [0, 0.1) is 0 Å². The van der Waals surface area contributed by atoms with E-state index in [-0.39, 0.29) is 5.91 Å². The molecule has 1 aromatic carbocycles. The molecule has 0 aliphatic heterocycles. The van der Waals surface area contributed by atoms with E-state index in [1.165, 1.54) is 0 Å². The van der Waals surface area contributed by atoms with E-state index in [1.807, 2.05) is 30.3 Å². The molecule has 1 aromatic heterocycles. The lowest BCUT2D eigenvalue weighted by atomic mass is 10.2. The van der Waals surface area contributed by atoms with Gasteiger partial charge in [-0.2, -0.15) is 0 Å². The van der Waals surface area contributed by atoms with E-state index >= 15 is 0 Å². The molecule has 0 fully saturated rings. The molecule has 0 saturated carbocycles. The number of aromatic nitrogens is 1. The van der Waals surface area contributed by atoms with Gasteiger partial charge in [-0.1, -0.05) is 30.3 Å². The van der Waals surface area contributed by atoms with Crippen LogP contribution in [-0.4, -0.2) is 23.0 Å². The summed E-state index contributed by atoms with van der Waals surface area (Å²) in [7, 11) is 0. The predicted molar refractivity (Wildman–Crippen MR) is 74.0 cm³/mol. The van der Waals surface area contributed by atoms with Crippen LogP contribution in [0.5, 0.6) is 0 Å². The highest BCUT2D eigenvalue weighted by molar-refractivity contribution is 5.90. The van der Waals surface area contributed by atoms with E-state index in [2.05, 4.69) is 10.3 Å². The van der Waals surface area contributed by atoms with Crippen molar-refractivity contribution in [2.75, 3.05) is 0 Å². The first-order chi connectivity index (χ1) is 9.66. The number of nitrogens with one attached hydrogen (secondary N) is 2. The Morgan fingerprint density at radius 2 is 1.95 bits per heavy atom. The zero-order chi connectivity index (χ0) is 14.4. The summed E-state index contributed by atoms with van der Waals surface area (Å²) in [6, 6.07) is 12.8. The minimum atomic E-state index is -0.838. The molecule has 20 heavy (non-hydrogen) atoms. The van der Waals surface area contributed by atoms with Crippen molar-refractivity contribution in [3.63, 3.8) is 0 Å². The Balaban J connectivity index is 1.82. The van der Waals surface area contributed by atoms with Gasteiger partial charge in [-0.25, -0.2) is 4.79 Å². The normalized spacial score (nSPS) is 11.7. The van der Waals surface area contributed by atoms with Gasteiger partial charge in [0.15, 0.2) is 6.10 Å². The van der Waals surface area contributed by atoms with Gasteiger partial charge in [-0.3, -0.25) is 4.79 Å². The topological polar surface area (TPSA) is 71.2 Å². The standard InChI is InChI=1S/C15H16N2O3/c1-11(20-15(19)13-8-5-9-16-13)14(18)17-10-12-6-3-2-4-7-12/h2-9,11,16H,10H2,1H3,(H,17,18)/t11-/m0/s1. The first kappa shape index (κ1) is 13.9. The van der Waals surface area contributed by atoms with Crippen molar-refractivity contribution in [3.8, 4) is 0 Å². The van der Waals surface area contributed by atoms with Crippen LogP contribution in [0.3, 0.4) is 0 Å². The molecule has 1 atom stereocenters. The molecule has 2 rings (SSSR count). The lowest BCUT2D eigenvalue weighted by molar-refractivity contribution is -0.129. The lowest BCUT2D eigenvalue weighted by Crippen LogP contribution is -2.35. The van der Waals surface area contributed by atoms with Gasteiger partial charge >= 0.3 is 5.97 Å². The Labute approximate surface area is 117 Å². The third-order valence-corrected chi connectivity index (χ3v) is 2.78. The van der Waals surface area contributed by atoms with E-state index in [0.29, 0.717) is 12.2 Å². The monoisotopic (exact) mass is 272 g/mol. The fourth-order valence-electron chi connectivity index (χ4n) is 1.66. The van der Waals surface area contributed by atoms with Crippen LogP contribution in [0.15, 0.2) is 48.7 Å². The molecule has 1 heterocycles. The van der Waals surface area contributed by atoms with Crippen molar-refractivity contribution in [3.05, 3.63) is 59.9 Å². The van der Waals surface area contributed by atoms with Crippen molar-refractivity contribution < 1.29 is 14.3 Å². The molecule has 0 aliphatic carbocycles. The summed E-state index contributed by atoms with van der Waals surface area (Å²) in [6.45, 7) is 1.95. The maximum atomic E-state index is 11.8. The maximum absolute atomic E-state index is 11.8. The van der Waals surface area contributed by atoms with E-state index in [9.17, 15) is 9.59 Å². The number of carbonyl (C=O) groups excluding carboxylic acids is 2. The Morgan fingerprint density at radius 3 is 2.60 bits per heavy atom. The zero-order valence-electron chi connectivity index (χ0n) is 11.1. The van der Waals surface area contributed by atoms with Crippen molar-refractivity contribution >= 4 is 11.9 Å². The molecule has 0 unspecified atom stereocenters. The molecule has 0 radical (unpaired) electrons. The van der Waals surface area contributed by atoms with Gasteiger partial charge in [0.2, 0.25) is 0 Å². The van der Waals surface area contributed by atoms with Gasteiger partial charge in [-0.05, 0) is 24.6 Å². The Bertz CT molecular complexity index is 564. The van der Waals surface area contributed by atoms with Crippen molar-refractivity contribution in [2.24, 2.45) is 0 Å². The van der Waals surface area contributed by atoms with Gasteiger partial charge in [0.25, 0.3) is 5.91 Å². The van der Waals surface area contributed by atoms with Crippen LogP contribution in [-0.2, 0) is 16.1 Å². The van der Waals surface area contributed by atoms with Crippen molar-refractivity contribution in [1.29, 1.82) is 0 Å². The van der Waals surface area contributed by atoms with Crippen LogP contribution in [0.2, 0.25) is 0 Å². The molecule has 0 aliphatic rings. The van der Waals surface area contributed by atoms with E-state index in [1.54, 1.807) is 25.3 Å². The number of rotatable bonds is 5. The van der Waals surface area contributed by atoms with E-state index < -0.39 is 12.1 Å². The van der Waals surface area contributed by atoms with Crippen LogP contribution < -0.4 is 5.32 Å². The summed E-state index contributed by atoms with van der Waals surface area (Å²) < 4.78 is 5.06. The third-order valence-electron chi connectivity index (χ3n) is 2.78. The van der Waals surface area contributed by atoms with E-state index in [0.717, 1.165) is 5.56 Å².